The van der Waals surface area contributed by atoms with Crippen molar-refractivity contribution in [1.82, 2.24) is 5.43 Å². The zero-order valence-corrected chi connectivity index (χ0v) is 9.15. The molecule has 0 saturated carbocycles. The van der Waals surface area contributed by atoms with Crippen molar-refractivity contribution in [3.05, 3.63) is 41.5 Å². The lowest BCUT2D eigenvalue weighted by Crippen LogP contribution is -2.35. The summed E-state index contributed by atoms with van der Waals surface area (Å²) >= 11 is 0. The summed E-state index contributed by atoms with van der Waals surface area (Å²) in [4.78, 5) is 23.5. The second kappa shape index (κ2) is 3.81. The van der Waals surface area contributed by atoms with Crippen LogP contribution in [0.3, 0.4) is 0 Å². The first-order valence-corrected chi connectivity index (χ1v) is 4.99. The van der Waals surface area contributed by atoms with E-state index in [0.717, 1.165) is 5.57 Å². The molecule has 1 saturated heterocycles. The molecule has 0 atom stereocenters. The normalized spacial score (nSPS) is 15.4. The Hall–Kier alpha value is -2.10. The number of hydrogen-bond acceptors (Lipinski definition) is 2. The SMILES string of the molecule is CC(C)=C1C(=O)NN(c2ccccc2)C1=O. The molecule has 4 heteroatoms. The molecule has 82 valence electrons. The van der Waals surface area contributed by atoms with Crippen LogP contribution in [-0.4, -0.2) is 11.8 Å². The number of amides is 2. The molecule has 0 spiro atoms. The third-order valence-corrected chi connectivity index (χ3v) is 2.37. The number of rotatable bonds is 1. The predicted octanol–water partition coefficient (Wildman–Crippen LogP) is 1.40. The molecule has 0 radical (unpaired) electrons. The van der Waals surface area contributed by atoms with Crippen LogP contribution in [0.1, 0.15) is 13.8 Å². The summed E-state index contributed by atoms with van der Waals surface area (Å²) in [5.74, 6) is -0.634. The van der Waals surface area contributed by atoms with Crippen LogP contribution in [-0.2, 0) is 9.59 Å². The molecule has 0 unspecified atom stereocenters. The Morgan fingerprint density at radius 3 is 2.25 bits per heavy atom. The van der Waals surface area contributed by atoms with Gasteiger partial charge in [-0.3, -0.25) is 15.0 Å². The maximum atomic E-state index is 11.9. The second-order valence-corrected chi connectivity index (χ2v) is 3.79. The van der Waals surface area contributed by atoms with Gasteiger partial charge in [0.15, 0.2) is 0 Å². The van der Waals surface area contributed by atoms with E-state index in [1.165, 1.54) is 5.01 Å². The van der Waals surface area contributed by atoms with E-state index in [1.807, 2.05) is 18.2 Å². The van der Waals surface area contributed by atoms with Crippen LogP contribution in [0.25, 0.3) is 0 Å². The van der Waals surface area contributed by atoms with Crippen molar-refractivity contribution in [3.8, 4) is 0 Å². The molecular weight excluding hydrogens is 204 g/mol. The smallest absolute Gasteiger partial charge is 0.267 e. The monoisotopic (exact) mass is 216 g/mol. The molecule has 16 heavy (non-hydrogen) atoms. The highest BCUT2D eigenvalue weighted by atomic mass is 16.2. The van der Waals surface area contributed by atoms with E-state index in [1.54, 1.807) is 26.0 Å². The van der Waals surface area contributed by atoms with Crippen LogP contribution >= 0.6 is 0 Å². The highest BCUT2D eigenvalue weighted by Crippen LogP contribution is 2.20. The van der Waals surface area contributed by atoms with Crippen LogP contribution in [0, 0.1) is 0 Å². The molecule has 1 aromatic rings. The maximum Gasteiger partial charge on any atom is 0.282 e. The minimum atomic E-state index is -0.339. The van der Waals surface area contributed by atoms with Crippen LogP contribution in [0.4, 0.5) is 5.69 Å². The van der Waals surface area contributed by atoms with Crippen LogP contribution in [0.15, 0.2) is 41.5 Å². The van der Waals surface area contributed by atoms with E-state index in [-0.39, 0.29) is 17.4 Å². The largest absolute Gasteiger partial charge is 0.282 e. The van der Waals surface area contributed by atoms with Crippen molar-refractivity contribution >= 4 is 17.5 Å². The van der Waals surface area contributed by atoms with Crippen molar-refractivity contribution in [3.63, 3.8) is 0 Å². The number of hydrogen-bond donors (Lipinski definition) is 1. The van der Waals surface area contributed by atoms with Gasteiger partial charge in [-0.2, -0.15) is 0 Å². The Labute approximate surface area is 93.5 Å². The minimum Gasteiger partial charge on any atom is -0.267 e. The van der Waals surface area contributed by atoms with Gasteiger partial charge in [0.25, 0.3) is 11.8 Å². The topological polar surface area (TPSA) is 49.4 Å². The zero-order chi connectivity index (χ0) is 11.7. The third-order valence-electron chi connectivity index (χ3n) is 2.37. The first-order valence-electron chi connectivity index (χ1n) is 4.99. The van der Waals surface area contributed by atoms with E-state index < -0.39 is 0 Å². The van der Waals surface area contributed by atoms with Gasteiger partial charge in [-0.05, 0) is 26.0 Å². The first-order chi connectivity index (χ1) is 7.61. The summed E-state index contributed by atoms with van der Waals surface area (Å²) in [6.45, 7) is 3.50. The average Bonchev–Trinajstić information content (AvgIpc) is 2.55. The number of hydrazine groups is 1. The lowest BCUT2D eigenvalue weighted by Gasteiger charge is -2.13. The number of nitrogens with one attached hydrogen (secondary N) is 1. The number of allylic oxidation sites excluding steroid dienone is 1. The molecule has 1 fully saturated rings. The van der Waals surface area contributed by atoms with Gasteiger partial charge in [0, 0.05) is 0 Å². The fourth-order valence-electron chi connectivity index (χ4n) is 1.62. The second-order valence-electron chi connectivity index (χ2n) is 3.79. The van der Waals surface area contributed by atoms with Crippen molar-refractivity contribution < 1.29 is 9.59 Å². The predicted molar refractivity (Wildman–Crippen MR) is 60.4 cm³/mol. The highest BCUT2D eigenvalue weighted by molar-refractivity contribution is 6.29. The van der Waals surface area contributed by atoms with Gasteiger partial charge < -0.3 is 0 Å². The van der Waals surface area contributed by atoms with Gasteiger partial charge in [-0.1, -0.05) is 23.8 Å². The molecule has 1 heterocycles. The van der Waals surface area contributed by atoms with Gasteiger partial charge in [0.05, 0.1) is 5.69 Å². The number of carbonyl (C=O) groups is 2. The first kappa shape index (κ1) is 10.4. The maximum absolute atomic E-state index is 11.9. The summed E-state index contributed by atoms with van der Waals surface area (Å²) in [5.41, 5.74) is 4.15. The van der Waals surface area contributed by atoms with Gasteiger partial charge in [-0.15, -0.1) is 0 Å². The van der Waals surface area contributed by atoms with Gasteiger partial charge in [-0.25, -0.2) is 5.01 Å². The summed E-state index contributed by atoms with van der Waals surface area (Å²) in [6, 6.07) is 9.02. The van der Waals surface area contributed by atoms with Gasteiger partial charge in [0.1, 0.15) is 5.57 Å². The summed E-state index contributed by atoms with van der Waals surface area (Å²) in [5, 5.41) is 1.27. The molecule has 2 rings (SSSR count). The molecule has 0 bridgehead atoms. The van der Waals surface area contributed by atoms with Crippen LogP contribution < -0.4 is 10.4 Å². The molecular formula is C12H12N2O2. The third kappa shape index (κ3) is 1.58. The number of carbonyl (C=O) groups excluding carboxylic acids is 2. The van der Waals surface area contributed by atoms with Crippen molar-refractivity contribution in [2.24, 2.45) is 0 Å². The molecule has 0 aromatic heterocycles. The zero-order valence-electron chi connectivity index (χ0n) is 9.15. The molecule has 0 aliphatic carbocycles. The number of benzene rings is 1. The van der Waals surface area contributed by atoms with Crippen molar-refractivity contribution in [2.45, 2.75) is 13.8 Å². The summed E-state index contributed by atoms with van der Waals surface area (Å²) in [6.07, 6.45) is 0. The lowest BCUT2D eigenvalue weighted by atomic mass is 10.1. The minimum absolute atomic E-state index is 0.226. The fraction of sp³-hybridized carbons (Fsp3) is 0.167. The van der Waals surface area contributed by atoms with E-state index >= 15 is 0 Å². The molecule has 1 aromatic carbocycles. The number of para-hydroxylation sites is 1. The summed E-state index contributed by atoms with van der Waals surface area (Å²) in [7, 11) is 0. The Balaban J connectivity index is 2.40. The number of anilines is 1. The van der Waals surface area contributed by atoms with Crippen molar-refractivity contribution in [1.29, 1.82) is 0 Å². The molecule has 1 aliphatic heterocycles. The van der Waals surface area contributed by atoms with Crippen LogP contribution in [0.5, 0.6) is 0 Å². The highest BCUT2D eigenvalue weighted by Gasteiger charge is 2.34. The molecule has 1 aliphatic rings. The Bertz CT molecular complexity index is 473. The molecule has 1 N–H and O–H groups in total. The average molecular weight is 216 g/mol. The van der Waals surface area contributed by atoms with E-state index in [4.69, 9.17) is 0 Å². The Morgan fingerprint density at radius 1 is 1.12 bits per heavy atom. The Morgan fingerprint density at radius 2 is 1.75 bits per heavy atom. The van der Waals surface area contributed by atoms with E-state index in [2.05, 4.69) is 5.43 Å². The molecule has 4 nitrogen and oxygen atoms in total. The lowest BCUT2D eigenvalue weighted by molar-refractivity contribution is -0.117. The van der Waals surface area contributed by atoms with Crippen molar-refractivity contribution in [2.75, 3.05) is 5.01 Å². The Kier molecular flexibility index (Phi) is 2.48. The van der Waals surface area contributed by atoms with Crippen LogP contribution in [0.2, 0.25) is 0 Å². The number of nitrogens with zero attached hydrogens (tertiary/aromatic N) is 1. The van der Waals surface area contributed by atoms with E-state index in [9.17, 15) is 9.59 Å². The fourth-order valence-corrected chi connectivity index (χ4v) is 1.62. The van der Waals surface area contributed by atoms with E-state index in [0.29, 0.717) is 5.69 Å². The quantitative estimate of drug-likeness (QED) is 0.570. The van der Waals surface area contributed by atoms with Gasteiger partial charge in [0.2, 0.25) is 0 Å². The molecule has 2 amide bonds. The standard InChI is InChI=1S/C12H12N2O2/c1-8(2)10-11(15)13-14(12(10)16)9-6-4-3-5-7-9/h3-7H,1-2H3,(H,13,15). The van der Waals surface area contributed by atoms with Gasteiger partial charge >= 0.3 is 0 Å². The summed E-state index contributed by atoms with van der Waals surface area (Å²) < 4.78 is 0.